The Hall–Kier alpha value is -2.72. The lowest BCUT2D eigenvalue weighted by Crippen LogP contribution is -2.42. The lowest BCUT2D eigenvalue weighted by atomic mass is 9.95. The minimum absolute atomic E-state index is 0.0199. The molecule has 10 heteroatoms. The number of aromatic nitrogens is 2. The monoisotopic (exact) mass is 489 g/mol. The molecule has 0 radical (unpaired) electrons. The van der Waals surface area contributed by atoms with Crippen LogP contribution >= 0.6 is 0 Å². The average Bonchev–Trinajstić information content (AvgIpc) is 2.87. The summed E-state index contributed by atoms with van der Waals surface area (Å²) in [6.07, 6.45) is 6.88. The molecule has 0 bridgehead atoms. The van der Waals surface area contributed by atoms with E-state index in [1.807, 2.05) is 29.0 Å². The van der Waals surface area contributed by atoms with Crippen LogP contribution in [0.2, 0.25) is 0 Å². The fourth-order valence-corrected chi connectivity index (χ4v) is 5.33. The number of hydrogen-bond donors (Lipinski definition) is 1. The third-order valence-electron chi connectivity index (χ3n) is 6.12. The maximum Gasteiger partial charge on any atom is 0.244 e. The van der Waals surface area contributed by atoms with Crippen molar-refractivity contribution in [2.45, 2.75) is 43.9 Å². The Morgan fingerprint density at radius 1 is 1.26 bits per heavy atom. The smallest absolute Gasteiger partial charge is 0.244 e. The Balaban J connectivity index is 1.62. The fourth-order valence-electron chi connectivity index (χ4n) is 4.13. The summed E-state index contributed by atoms with van der Waals surface area (Å²) in [5.74, 6) is 0.658. The summed E-state index contributed by atoms with van der Waals surface area (Å²) in [5.41, 5.74) is 1.36. The minimum atomic E-state index is -3.77. The van der Waals surface area contributed by atoms with Crippen molar-refractivity contribution >= 4 is 21.6 Å². The molecule has 1 saturated heterocycles. The summed E-state index contributed by atoms with van der Waals surface area (Å²) < 4.78 is 34.0. The van der Waals surface area contributed by atoms with Crippen LogP contribution in [0.4, 0.5) is 5.69 Å². The number of carbonyl (C=O) groups excluding carboxylic acids is 1. The number of carbonyl (C=O) groups is 1. The highest BCUT2D eigenvalue weighted by Gasteiger charge is 2.29. The van der Waals surface area contributed by atoms with Gasteiger partial charge in [-0.05, 0) is 31.4 Å². The average molecular weight is 490 g/mol. The molecule has 34 heavy (non-hydrogen) atoms. The van der Waals surface area contributed by atoms with Crippen molar-refractivity contribution in [3.63, 3.8) is 0 Å². The van der Waals surface area contributed by atoms with Crippen LogP contribution in [0.15, 0.2) is 41.6 Å². The van der Waals surface area contributed by atoms with Gasteiger partial charge in [-0.25, -0.2) is 18.1 Å². The minimum Gasteiger partial charge on any atom is -0.481 e. The van der Waals surface area contributed by atoms with Crippen LogP contribution in [0, 0.1) is 5.92 Å². The Morgan fingerprint density at radius 3 is 2.74 bits per heavy atom. The summed E-state index contributed by atoms with van der Waals surface area (Å²) in [7, 11) is -0.359. The Labute approximate surface area is 202 Å². The zero-order valence-corrected chi connectivity index (χ0v) is 21.1. The molecule has 3 rings (SSSR count). The number of ether oxygens (including phenoxy) is 1. The summed E-state index contributed by atoms with van der Waals surface area (Å²) in [6, 6.07) is 7.13. The molecule has 0 aliphatic carbocycles. The lowest BCUT2D eigenvalue weighted by molar-refractivity contribution is -0.134. The zero-order chi connectivity index (χ0) is 24.6. The number of unbranched alkanes of at least 4 members (excludes halogenated alkanes) is 1. The summed E-state index contributed by atoms with van der Waals surface area (Å²) in [4.78, 5) is 25.1. The van der Waals surface area contributed by atoms with Gasteiger partial charge in [-0.3, -0.25) is 9.78 Å². The molecule has 0 spiro atoms. The van der Waals surface area contributed by atoms with E-state index in [1.54, 1.807) is 25.4 Å². The number of nitrogens with one attached hydrogen (secondary N) is 1. The molecule has 1 aliphatic rings. The van der Waals surface area contributed by atoms with E-state index in [1.165, 1.54) is 6.20 Å². The topological polar surface area (TPSA) is 105 Å². The van der Waals surface area contributed by atoms with Crippen molar-refractivity contribution in [3.8, 4) is 5.88 Å². The van der Waals surface area contributed by atoms with E-state index in [2.05, 4.69) is 21.6 Å². The molecule has 2 aromatic heterocycles. The second-order valence-corrected chi connectivity index (χ2v) is 10.3. The Kier molecular flexibility index (Phi) is 9.23. The zero-order valence-electron chi connectivity index (χ0n) is 20.2. The maximum absolute atomic E-state index is 13.1. The Bertz CT molecular complexity index is 1050. The standard InChI is InChI=1S/C24H35N5O4S/c1-4-5-15-28(2)24(30)19-11-16-29(17-12-19)21-10-13-25-18-22(21)34(31,32)26-14-9-20-7-6-8-23(27-20)33-3/h6-8,10,13,18-19,26H,4-5,9,11-12,14-17H2,1-3H3. The van der Waals surface area contributed by atoms with E-state index in [0.717, 1.165) is 25.1 Å². The number of sulfonamides is 1. The van der Waals surface area contributed by atoms with Gasteiger partial charge in [-0.1, -0.05) is 19.4 Å². The normalized spacial score (nSPS) is 14.7. The van der Waals surface area contributed by atoms with E-state index in [4.69, 9.17) is 4.74 Å². The number of nitrogens with zero attached hydrogens (tertiary/aromatic N) is 4. The Morgan fingerprint density at radius 2 is 2.03 bits per heavy atom. The number of methoxy groups -OCH3 is 1. The number of pyridine rings is 2. The van der Waals surface area contributed by atoms with Crippen LogP contribution in [0.3, 0.4) is 0 Å². The van der Waals surface area contributed by atoms with E-state index >= 15 is 0 Å². The van der Waals surface area contributed by atoms with Crippen molar-refractivity contribution in [1.29, 1.82) is 0 Å². The van der Waals surface area contributed by atoms with Gasteiger partial charge in [0.05, 0.1) is 12.8 Å². The molecular weight excluding hydrogens is 454 g/mol. The van der Waals surface area contributed by atoms with Crippen molar-refractivity contribution in [1.82, 2.24) is 19.6 Å². The lowest BCUT2D eigenvalue weighted by Gasteiger charge is -2.35. The largest absolute Gasteiger partial charge is 0.481 e. The van der Waals surface area contributed by atoms with E-state index in [9.17, 15) is 13.2 Å². The van der Waals surface area contributed by atoms with Crippen molar-refractivity contribution in [3.05, 3.63) is 42.4 Å². The van der Waals surface area contributed by atoms with Gasteiger partial charge >= 0.3 is 0 Å². The molecule has 0 aromatic carbocycles. The second kappa shape index (κ2) is 12.1. The van der Waals surface area contributed by atoms with Gasteiger partial charge < -0.3 is 14.5 Å². The highest BCUT2D eigenvalue weighted by molar-refractivity contribution is 7.89. The van der Waals surface area contributed by atoms with Gasteiger partial charge in [0.1, 0.15) is 4.90 Å². The number of hydrogen-bond acceptors (Lipinski definition) is 7. The third kappa shape index (κ3) is 6.66. The molecule has 3 heterocycles. The first-order valence-corrected chi connectivity index (χ1v) is 13.3. The predicted octanol–water partition coefficient (Wildman–Crippen LogP) is 2.48. The van der Waals surface area contributed by atoms with Gasteiger partial charge in [0.25, 0.3) is 0 Å². The SMILES string of the molecule is CCCCN(C)C(=O)C1CCN(c2ccncc2S(=O)(=O)NCCc2cccc(OC)n2)CC1. The van der Waals surface area contributed by atoms with Crippen LogP contribution in [0.5, 0.6) is 5.88 Å². The summed E-state index contributed by atoms with van der Waals surface area (Å²) in [5, 5.41) is 0. The van der Waals surface area contributed by atoms with Crippen molar-refractivity contribution in [2.75, 3.05) is 45.2 Å². The molecular formula is C24H35N5O4S. The van der Waals surface area contributed by atoms with Gasteiger partial charge in [-0.2, -0.15) is 0 Å². The van der Waals surface area contributed by atoms with Crippen LogP contribution in [0.1, 0.15) is 38.3 Å². The number of rotatable bonds is 11. The predicted molar refractivity (Wildman–Crippen MR) is 131 cm³/mol. The fraction of sp³-hybridized carbons (Fsp3) is 0.542. The highest BCUT2D eigenvalue weighted by atomic mass is 32.2. The van der Waals surface area contributed by atoms with Crippen LogP contribution in [-0.4, -0.2) is 69.5 Å². The molecule has 1 N–H and O–H groups in total. The molecule has 0 unspecified atom stereocenters. The van der Waals surface area contributed by atoms with Crippen molar-refractivity contribution in [2.24, 2.45) is 5.92 Å². The highest BCUT2D eigenvalue weighted by Crippen LogP contribution is 2.29. The van der Waals surface area contributed by atoms with Gasteiger partial charge in [0.2, 0.25) is 21.8 Å². The summed E-state index contributed by atoms with van der Waals surface area (Å²) in [6.45, 7) is 4.34. The summed E-state index contributed by atoms with van der Waals surface area (Å²) >= 11 is 0. The molecule has 0 saturated carbocycles. The van der Waals surface area contributed by atoms with Gasteiger partial charge in [-0.15, -0.1) is 0 Å². The van der Waals surface area contributed by atoms with E-state index in [-0.39, 0.29) is 23.3 Å². The van der Waals surface area contributed by atoms with Crippen LogP contribution < -0.4 is 14.4 Å². The number of anilines is 1. The molecule has 1 aliphatic heterocycles. The van der Waals surface area contributed by atoms with Crippen LogP contribution in [-0.2, 0) is 21.2 Å². The number of piperidine rings is 1. The first-order valence-electron chi connectivity index (χ1n) is 11.8. The molecule has 1 amide bonds. The second-order valence-electron chi connectivity index (χ2n) is 8.54. The first kappa shape index (κ1) is 25.9. The molecule has 2 aromatic rings. The molecule has 0 atom stereocenters. The maximum atomic E-state index is 13.1. The van der Waals surface area contributed by atoms with E-state index in [0.29, 0.717) is 43.9 Å². The quantitative estimate of drug-likeness (QED) is 0.517. The van der Waals surface area contributed by atoms with Gasteiger partial charge in [0.15, 0.2) is 0 Å². The van der Waals surface area contributed by atoms with Gasteiger partial charge in [0, 0.05) is 69.7 Å². The van der Waals surface area contributed by atoms with Crippen molar-refractivity contribution < 1.29 is 17.9 Å². The molecule has 1 fully saturated rings. The number of amides is 1. The first-order chi connectivity index (χ1) is 16.4. The van der Waals surface area contributed by atoms with E-state index < -0.39 is 10.0 Å². The van der Waals surface area contributed by atoms with Crippen LogP contribution in [0.25, 0.3) is 0 Å². The third-order valence-corrected chi connectivity index (χ3v) is 7.60. The molecule has 186 valence electrons. The molecule has 9 nitrogen and oxygen atoms in total.